The maximum atomic E-state index is 4.55. The molecule has 0 amide bonds. The fourth-order valence-electron chi connectivity index (χ4n) is 2.49. The summed E-state index contributed by atoms with van der Waals surface area (Å²) in [5.41, 5.74) is 2.59. The van der Waals surface area contributed by atoms with Gasteiger partial charge >= 0.3 is 0 Å². The van der Waals surface area contributed by atoms with Gasteiger partial charge in [-0.15, -0.1) is 11.8 Å². The fraction of sp³-hybridized carbons (Fsp3) is 0.400. The minimum atomic E-state index is 0.776. The van der Waals surface area contributed by atoms with Gasteiger partial charge in [-0.3, -0.25) is 4.98 Å². The van der Waals surface area contributed by atoms with Gasteiger partial charge in [0, 0.05) is 21.7 Å². The molecule has 1 aliphatic rings. The van der Waals surface area contributed by atoms with E-state index in [2.05, 4.69) is 54.1 Å². The Labute approximate surface area is 107 Å². The van der Waals surface area contributed by atoms with Crippen molar-refractivity contribution in [3.63, 3.8) is 0 Å². The Balaban J connectivity index is 1.94. The Kier molecular flexibility index (Phi) is 3.06. The van der Waals surface area contributed by atoms with Gasteiger partial charge in [-0.05, 0) is 24.5 Å². The van der Waals surface area contributed by atoms with E-state index in [1.807, 2.05) is 0 Å². The molecule has 1 aliphatic heterocycles. The molecule has 0 aliphatic carbocycles. The van der Waals surface area contributed by atoms with Gasteiger partial charge in [0.2, 0.25) is 0 Å². The molecule has 3 rings (SSSR count). The molecule has 0 radical (unpaired) electrons. The van der Waals surface area contributed by atoms with Crippen LogP contribution in [0.1, 0.15) is 31.7 Å². The van der Waals surface area contributed by atoms with Gasteiger partial charge in [-0.25, -0.2) is 0 Å². The lowest BCUT2D eigenvalue weighted by Crippen LogP contribution is -1.99. The first-order chi connectivity index (χ1) is 8.38. The van der Waals surface area contributed by atoms with Gasteiger partial charge < -0.3 is 0 Å². The molecule has 0 saturated heterocycles. The molecule has 2 heterocycles. The lowest BCUT2D eigenvalue weighted by Gasteiger charge is -2.06. The highest BCUT2D eigenvalue weighted by atomic mass is 32.2. The monoisotopic (exact) mass is 243 g/mol. The summed E-state index contributed by atoms with van der Waals surface area (Å²) in [7, 11) is 0. The predicted octanol–water partition coefficient (Wildman–Crippen LogP) is 4.44. The van der Waals surface area contributed by atoms with Gasteiger partial charge in [0.15, 0.2) is 0 Å². The minimum Gasteiger partial charge on any atom is -0.256 e. The van der Waals surface area contributed by atoms with Gasteiger partial charge in [-0.1, -0.05) is 38.0 Å². The maximum Gasteiger partial charge on any atom is 0.0713 e. The summed E-state index contributed by atoms with van der Waals surface area (Å²) in [6.45, 7) is 2.27. The number of para-hydroxylation sites is 1. The van der Waals surface area contributed by atoms with Crippen molar-refractivity contribution >= 4 is 22.7 Å². The number of benzene rings is 1. The van der Waals surface area contributed by atoms with Crippen molar-refractivity contribution in [1.82, 2.24) is 4.98 Å². The summed E-state index contributed by atoms with van der Waals surface area (Å²) in [5, 5.41) is 2.12. The zero-order valence-electron chi connectivity index (χ0n) is 10.1. The largest absolute Gasteiger partial charge is 0.256 e. The third-order valence-corrected chi connectivity index (χ3v) is 4.87. The number of nitrogens with zero attached hydrogens (tertiary/aromatic N) is 1. The standard InChI is InChI=1S/C15H17NS/c1-2-3-6-12-9-11-10-16-14-8-5-4-7-13(14)15(11)17-12/h4-5,7-8,10,12H,2-3,6,9H2,1H3. The zero-order valence-corrected chi connectivity index (χ0v) is 11.0. The number of hydrogen-bond acceptors (Lipinski definition) is 2. The molecule has 0 fully saturated rings. The normalized spacial score (nSPS) is 18.5. The third kappa shape index (κ3) is 2.06. The van der Waals surface area contributed by atoms with E-state index in [9.17, 15) is 0 Å². The molecule has 1 unspecified atom stereocenters. The Bertz CT molecular complexity index is 535. The second kappa shape index (κ2) is 4.69. The minimum absolute atomic E-state index is 0.776. The van der Waals surface area contributed by atoms with Crippen LogP contribution < -0.4 is 0 Å². The van der Waals surface area contributed by atoms with Crippen molar-refractivity contribution < 1.29 is 0 Å². The quantitative estimate of drug-likeness (QED) is 0.790. The Morgan fingerprint density at radius 3 is 3.12 bits per heavy atom. The van der Waals surface area contributed by atoms with Crippen LogP contribution in [-0.2, 0) is 6.42 Å². The summed E-state index contributed by atoms with van der Waals surface area (Å²) in [6.07, 6.45) is 7.27. The molecule has 88 valence electrons. The Morgan fingerprint density at radius 2 is 2.24 bits per heavy atom. The van der Waals surface area contributed by atoms with E-state index in [1.54, 1.807) is 0 Å². The van der Waals surface area contributed by atoms with Crippen LogP contribution in [-0.4, -0.2) is 10.2 Å². The molecule has 0 N–H and O–H groups in total. The number of rotatable bonds is 3. The first-order valence-electron chi connectivity index (χ1n) is 6.41. The molecule has 0 saturated carbocycles. The van der Waals surface area contributed by atoms with E-state index in [4.69, 9.17) is 0 Å². The average Bonchev–Trinajstić information content (AvgIpc) is 2.79. The second-order valence-corrected chi connectivity index (χ2v) is 6.03. The van der Waals surface area contributed by atoms with E-state index in [0.717, 1.165) is 10.8 Å². The molecule has 0 spiro atoms. The van der Waals surface area contributed by atoms with Crippen molar-refractivity contribution in [3.05, 3.63) is 36.0 Å². The molecular formula is C15H17NS. The summed E-state index contributed by atoms with van der Waals surface area (Å²) >= 11 is 2.07. The molecule has 0 bridgehead atoms. The van der Waals surface area contributed by atoms with Crippen molar-refractivity contribution in [1.29, 1.82) is 0 Å². The molecule has 1 nitrogen and oxygen atoms in total. The number of thioether (sulfide) groups is 1. The second-order valence-electron chi connectivity index (χ2n) is 4.72. The number of fused-ring (bicyclic) bond motifs is 3. The smallest absolute Gasteiger partial charge is 0.0713 e. The first kappa shape index (κ1) is 11.1. The van der Waals surface area contributed by atoms with Gasteiger partial charge in [0.1, 0.15) is 0 Å². The van der Waals surface area contributed by atoms with Gasteiger partial charge in [0.25, 0.3) is 0 Å². The molecular weight excluding hydrogens is 226 g/mol. The average molecular weight is 243 g/mol. The molecule has 1 aromatic heterocycles. The fourth-order valence-corrected chi connectivity index (χ4v) is 3.96. The summed E-state index contributed by atoms with van der Waals surface area (Å²) in [6, 6.07) is 8.49. The molecule has 1 atom stereocenters. The number of unbranched alkanes of at least 4 members (excludes halogenated alkanes) is 1. The molecule has 2 aromatic rings. The van der Waals surface area contributed by atoms with Crippen LogP contribution in [0.3, 0.4) is 0 Å². The summed E-state index contributed by atoms with van der Waals surface area (Å²) < 4.78 is 0. The van der Waals surface area contributed by atoms with Crippen molar-refractivity contribution in [2.75, 3.05) is 0 Å². The van der Waals surface area contributed by atoms with Crippen LogP contribution in [0, 0.1) is 0 Å². The van der Waals surface area contributed by atoms with E-state index in [0.29, 0.717) is 0 Å². The van der Waals surface area contributed by atoms with E-state index >= 15 is 0 Å². The van der Waals surface area contributed by atoms with E-state index in [1.165, 1.54) is 41.5 Å². The summed E-state index contributed by atoms with van der Waals surface area (Å²) in [5.74, 6) is 0. The molecule has 17 heavy (non-hydrogen) atoms. The topological polar surface area (TPSA) is 12.9 Å². The van der Waals surface area contributed by atoms with Crippen LogP contribution in [0.2, 0.25) is 0 Å². The van der Waals surface area contributed by atoms with Gasteiger partial charge in [0.05, 0.1) is 5.52 Å². The third-order valence-electron chi connectivity index (χ3n) is 3.41. The Hall–Kier alpha value is -1.02. The lowest BCUT2D eigenvalue weighted by atomic mass is 10.1. The predicted molar refractivity (Wildman–Crippen MR) is 74.6 cm³/mol. The number of aromatic nitrogens is 1. The van der Waals surface area contributed by atoms with Crippen LogP contribution in [0.4, 0.5) is 0 Å². The highest BCUT2D eigenvalue weighted by molar-refractivity contribution is 8.00. The SMILES string of the molecule is CCCCC1Cc2cnc3ccccc3c2S1. The van der Waals surface area contributed by atoms with Crippen molar-refractivity contribution in [3.8, 4) is 0 Å². The van der Waals surface area contributed by atoms with E-state index in [-0.39, 0.29) is 0 Å². The van der Waals surface area contributed by atoms with Crippen molar-refractivity contribution in [2.45, 2.75) is 42.8 Å². The van der Waals surface area contributed by atoms with Crippen LogP contribution in [0.5, 0.6) is 0 Å². The maximum absolute atomic E-state index is 4.55. The highest BCUT2D eigenvalue weighted by Crippen LogP contribution is 2.42. The van der Waals surface area contributed by atoms with Crippen molar-refractivity contribution in [2.24, 2.45) is 0 Å². The zero-order chi connectivity index (χ0) is 11.7. The summed E-state index contributed by atoms with van der Waals surface area (Å²) in [4.78, 5) is 6.04. The Morgan fingerprint density at radius 1 is 1.35 bits per heavy atom. The number of hydrogen-bond donors (Lipinski definition) is 0. The van der Waals surface area contributed by atoms with Crippen LogP contribution >= 0.6 is 11.8 Å². The first-order valence-corrected chi connectivity index (χ1v) is 7.29. The number of pyridine rings is 1. The molecule has 1 aromatic carbocycles. The lowest BCUT2D eigenvalue weighted by molar-refractivity contribution is 0.686. The van der Waals surface area contributed by atoms with Crippen LogP contribution in [0.15, 0.2) is 35.4 Å². The van der Waals surface area contributed by atoms with Gasteiger partial charge in [-0.2, -0.15) is 0 Å². The molecule has 2 heteroatoms. The highest BCUT2D eigenvalue weighted by Gasteiger charge is 2.23. The van der Waals surface area contributed by atoms with E-state index < -0.39 is 0 Å². The van der Waals surface area contributed by atoms with Crippen LogP contribution in [0.25, 0.3) is 10.9 Å².